The minimum Gasteiger partial charge on any atom is -0.550 e. The van der Waals surface area contributed by atoms with E-state index in [1.165, 1.54) is 0 Å². The summed E-state index contributed by atoms with van der Waals surface area (Å²) in [5, 5.41) is 23.7. The third-order valence-corrected chi connectivity index (χ3v) is 0.183. The Bertz CT molecular complexity index is 137. The van der Waals surface area contributed by atoms with Crippen LogP contribution in [0.2, 0.25) is 0 Å². The van der Waals surface area contributed by atoms with Crippen LogP contribution in [-0.4, -0.2) is 28.1 Å². The predicted molar refractivity (Wildman–Crippen MR) is 26.0 cm³/mol. The molecule has 2 N–H and O–H groups in total. The first-order valence-corrected chi connectivity index (χ1v) is 2.01. The van der Waals surface area contributed by atoms with Crippen LogP contribution in [0.5, 0.6) is 0 Å². The Kier molecular flexibility index (Phi) is 14.4. The molecule has 0 bridgehead atoms. The number of carboxylic acids is 3. The summed E-state index contributed by atoms with van der Waals surface area (Å²) in [5.41, 5.74) is 0. The van der Waals surface area contributed by atoms with E-state index in [1.54, 1.807) is 0 Å². The first-order valence-electron chi connectivity index (χ1n) is 2.01. The van der Waals surface area contributed by atoms with Gasteiger partial charge in [0, 0.05) is 5.97 Å². The Morgan fingerprint density at radius 1 is 1.09 bits per heavy atom. The second-order valence-electron chi connectivity index (χ2n) is 1.10. The molecule has 0 amide bonds. The average molecular weight is 172 g/mol. The zero-order chi connectivity index (χ0) is 8.73. The van der Waals surface area contributed by atoms with Crippen molar-refractivity contribution in [1.82, 2.24) is 0 Å². The average Bonchev–Trinajstić information content (AvgIpc) is 1.63. The Hall–Kier alpha value is -0.590. The first kappa shape index (κ1) is 16.8. The molecule has 0 unspecified atom stereocenters. The predicted octanol–water partition coefficient (Wildman–Crippen LogP) is -5.08. The molecule has 0 spiro atoms. The van der Waals surface area contributed by atoms with Gasteiger partial charge in [0.05, 0.1) is 0 Å². The van der Waals surface area contributed by atoms with Gasteiger partial charge < -0.3 is 20.1 Å². The molecule has 0 aromatic carbocycles. The van der Waals surface area contributed by atoms with Crippen molar-refractivity contribution in [3.05, 3.63) is 0 Å². The molecule has 58 valence electrons. The minimum absolute atomic E-state index is 0. The van der Waals surface area contributed by atoms with Gasteiger partial charge >= 0.3 is 41.5 Å². The van der Waals surface area contributed by atoms with E-state index < -0.39 is 17.9 Å². The molecule has 0 atom stereocenters. The summed E-state index contributed by atoms with van der Waals surface area (Å²) in [7, 11) is 0. The second-order valence-corrected chi connectivity index (χ2v) is 1.10. The molecule has 0 rings (SSSR count). The van der Waals surface area contributed by atoms with Crippen LogP contribution in [0.3, 0.4) is 0 Å². The standard InChI is InChI=1S/C2H2O4.C2H4O2.Na/c3-1(4)2(5)6;1-2(3)4;/h(H,3,4)(H,5,6);1H3,(H,3,4);/q;;+1/p-1. The topological polar surface area (TPSA) is 115 Å². The molecular weight excluding hydrogens is 167 g/mol. The Labute approximate surface area is 84.1 Å². The monoisotopic (exact) mass is 172 g/mol. The van der Waals surface area contributed by atoms with Gasteiger partial charge in [0.1, 0.15) is 0 Å². The summed E-state index contributed by atoms with van der Waals surface area (Å²) in [6.07, 6.45) is 0. The number of hydrogen-bond acceptors (Lipinski definition) is 4. The zero-order valence-electron chi connectivity index (χ0n) is 6.03. The largest absolute Gasteiger partial charge is 1.00 e. The van der Waals surface area contributed by atoms with Gasteiger partial charge in [-0.25, -0.2) is 9.59 Å². The summed E-state index contributed by atoms with van der Waals surface area (Å²) in [6.45, 7) is 0.972. The molecule has 0 aliphatic heterocycles. The molecule has 0 aromatic heterocycles. The molecule has 0 aromatic rings. The summed E-state index contributed by atoms with van der Waals surface area (Å²) >= 11 is 0. The van der Waals surface area contributed by atoms with Crippen molar-refractivity contribution in [3.63, 3.8) is 0 Å². The van der Waals surface area contributed by atoms with Crippen molar-refractivity contribution >= 4 is 17.9 Å². The quantitative estimate of drug-likeness (QED) is 0.279. The SMILES string of the molecule is CC(=O)[O-].O=C(O)C(=O)O.[Na+]. The van der Waals surface area contributed by atoms with Crippen molar-refractivity contribution < 1.29 is 59.3 Å². The molecule has 0 aliphatic carbocycles. The third-order valence-electron chi connectivity index (χ3n) is 0.183. The second kappa shape index (κ2) is 9.41. The van der Waals surface area contributed by atoms with E-state index in [4.69, 9.17) is 29.7 Å². The molecule has 0 heterocycles. The number of aliphatic carboxylic acids is 3. The fourth-order valence-corrected chi connectivity index (χ4v) is 0. The molecule has 7 heteroatoms. The Morgan fingerprint density at radius 2 is 1.18 bits per heavy atom. The number of carbonyl (C=O) groups is 3. The van der Waals surface area contributed by atoms with Crippen LogP contribution in [0, 0.1) is 0 Å². The van der Waals surface area contributed by atoms with Gasteiger partial charge in [-0.3, -0.25) is 0 Å². The molecule has 0 radical (unpaired) electrons. The van der Waals surface area contributed by atoms with Crippen LogP contribution in [0.15, 0.2) is 0 Å². The fraction of sp³-hybridized carbons (Fsp3) is 0.250. The number of carboxylic acid groups (broad SMARTS) is 3. The summed E-state index contributed by atoms with van der Waals surface area (Å²) in [4.78, 5) is 27.1. The Balaban J connectivity index is -0.000000114. The van der Waals surface area contributed by atoms with Crippen LogP contribution in [0.25, 0.3) is 0 Å². The molecule has 6 nitrogen and oxygen atoms in total. The minimum atomic E-state index is -1.82. The fourth-order valence-electron chi connectivity index (χ4n) is 0. The van der Waals surface area contributed by atoms with Crippen molar-refractivity contribution in [1.29, 1.82) is 0 Å². The normalized spacial score (nSPS) is 6.27. The van der Waals surface area contributed by atoms with Crippen molar-refractivity contribution in [2.45, 2.75) is 6.92 Å². The molecule has 0 fully saturated rings. The van der Waals surface area contributed by atoms with E-state index in [1.807, 2.05) is 0 Å². The van der Waals surface area contributed by atoms with Crippen LogP contribution < -0.4 is 34.7 Å². The maximum atomic E-state index is 9.10. The van der Waals surface area contributed by atoms with Gasteiger partial charge in [-0.2, -0.15) is 0 Å². The van der Waals surface area contributed by atoms with E-state index in [-0.39, 0.29) is 29.6 Å². The molecule has 11 heavy (non-hydrogen) atoms. The van der Waals surface area contributed by atoms with Crippen LogP contribution in [0.1, 0.15) is 6.92 Å². The van der Waals surface area contributed by atoms with E-state index in [0.29, 0.717) is 0 Å². The maximum absolute atomic E-state index is 9.10. The van der Waals surface area contributed by atoms with Gasteiger partial charge in [-0.1, -0.05) is 0 Å². The van der Waals surface area contributed by atoms with Gasteiger partial charge in [-0.05, 0) is 6.92 Å². The van der Waals surface area contributed by atoms with E-state index in [2.05, 4.69) is 0 Å². The molecule has 0 saturated carbocycles. The third kappa shape index (κ3) is 44.4. The van der Waals surface area contributed by atoms with Crippen molar-refractivity contribution in [2.24, 2.45) is 0 Å². The van der Waals surface area contributed by atoms with Crippen LogP contribution >= 0.6 is 0 Å². The Morgan fingerprint density at radius 3 is 1.18 bits per heavy atom. The van der Waals surface area contributed by atoms with Crippen LogP contribution in [-0.2, 0) is 14.4 Å². The number of hydrogen-bond donors (Lipinski definition) is 2. The van der Waals surface area contributed by atoms with Gasteiger partial charge in [0.25, 0.3) is 0 Å². The van der Waals surface area contributed by atoms with Gasteiger partial charge in [0.15, 0.2) is 0 Å². The van der Waals surface area contributed by atoms with Crippen molar-refractivity contribution in [3.8, 4) is 0 Å². The molecule has 0 saturated heterocycles. The number of rotatable bonds is 0. The summed E-state index contributed by atoms with van der Waals surface area (Å²) < 4.78 is 0. The summed E-state index contributed by atoms with van der Waals surface area (Å²) in [5.74, 6) is -4.73. The molecule has 0 aliphatic rings. The van der Waals surface area contributed by atoms with Gasteiger partial charge in [0.2, 0.25) is 0 Å². The molecular formula is C4H5NaO6. The van der Waals surface area contributed by atoms with E-state index in [0.717, 1.165) is 6.92 Å². The summed E-state index contributed by atoms with van der Waals surface area (Å²) in [6, 6.07) is 0. The van der Waals surface area contributed by atoms with E-state index in [9.17, 15) is 0 Å². The number of carbonyl (C=O) groups excluding carboxylic acids is 1. The van der Waals surface area contributed by atoms with E-state index >= 15 is 0 Å². The maximum Gasteiger partial charge on any atom is 1.00 e. The van der Waals surface area contributed by atoms with Gasteiger partial charge in [-0.15, -0.1) is 0 Å². The first-order chi connectivity index (χ1) is 4.37. The smallest absolute Gasteiger partial charge is 0.550 e. The van der Waals surface area contributed by atoms with Crippen LogP contribution in [0.4, 0.5) is 0 Å². The van der Waals surface area contributed by atoms with Crippen molar-refractivity contribution in [2.75, 3.05) is 0 Å². The zero-order valence-corrected chi connectivity index (χ0v) is 8.03.